The van der Waals surface area contributed by atoms with Crippen LogP contribution in [0.5, 0.6) is 0 Å². The minimum atomic E-state index is -0.356. The lowest BCUT2D eigenvalue weighted by Crippen LogP contribution is -2.24. The van der Waals surface area contributed by atoms with Crippen LogP contribution in [0.25, 0.3) is 0 Å². The molecule has 0 unspecified atom stereocenters. The molecular formula is C10H11N5O2. The fourth-order valence-electron chi connectivity index (χ4n) is 1.25. The first kappa shape index (κ1) is 11.1. The van der Waals surface area contributed by atoms with Gasteiger partial charge in [-0.2, -0.15) is 0 Å². The first-order valence-corrected chi connectivity index (χ1v) is 4.93. The van der Waals surface area contributed by atoms with E-state index in [1.165, 1.54) is 12.4 Å². The molecule has 0 spiro atoms. The van der Waals surface area contributed by atoms with Gasteiger partial charge in [-0.1, -0.05) is 5.16 Å². The summed E-state index contributed by atoms with van der Waals surface area (Å²) in [4.78, 5) is 19.3. The van der Waals surface area contributed by atoms with E-state index in [0.717, 1.165) is 0 Å². The number of aromatic nitrogens is 3. The second kappa shape index (κ2) is 4.60. The van der Waals surface area contributed by atoms with Gasteiger partial charge in [0.25, 0.3) is 5.91 Å². The summed E-state index contributed by atoms with van der Waals surface area (Å²) >= 11 is 0. The number of carbonyl (C=O) groups is 1. The minimum Gasteiger partial charge on any atom is -0.382 e. The lowest BCUT2D eigenvalue weighted by molar-refractivity contribution is 0.0945. The fraction of sp³-hybridized carbons (Fsp3) is 0.200. The maximum absolute atomic E-state index is 11.6. The number of hydrogen-bond donors (Lipinski definition) is 2. The SMILES string of the molecule is Cc1cc(CNC(=O)c2cncc(N)n2)no1. The van der Waals surface area contributed by atoms with Crippen LogP contribution in [-0.4, -0.2) is 21.0 Å². The highest BCUT2D eigenvalue weighted by molar-refractivity contribution is 5.92. The zero-order valence-corrected chi connectivity index (χ0v) is 9.17. The Hall–Kier alpha value is -2.44. The fourth-order valence-corrected chi connectivity index (χ4v) is 1.25. The quantitative estimate of drug-likeness (QED) is 0.788. The Kier molecular flexibility index (Phi) is 2.99. The summed E-state index contributed by atoms with van der Waals surface area (Å²) in [6.07, 6.45) is 2.72. The standard InChI is InChI=1S/C10H11N5O2/c1-6-2-7(15-17-6)3-13-10(16)8-4-12-5-9(11)14-8/h2,4-5H,3H2,1H3,(H2,11,14)(H,13,16). The zero-order valence-electron chi connectivity index (χ0n) is 9.17. The van der Waals surface area contributed by atoms with Gasteiger partial charge >= 0.3 is 0 Å². The van der Waals surface area contributed by atoms with Crippen molar-refractivity contribution in [3.8, 4) is 0 Å². The Balaban J connectivity index is 1.98. The van der Waals surface area contributed by atoms with Crippen molar-refractivity contribution < 1.29 is 9.32 Å². The summed E-state index contributed by atoms with van der Waals surface area (Å²) in [7, 11) is 0. The van der Waals surface area contributed by atoms with E-state index in [-0.39, 0.29) is 24.0 Å². The van der Waals surface area contributed by atoms with Crippen molar-refractivity contribution >= 4 is 11.7 Å². The lowest BCUT2D eigenvalue weighted by atomic mass is 10.3. The van der Waals surface area contributed by atoms with Crippen molar-refractivity contribution in [2.24, 2.45) is 0 Å². The summed E-state index contributed by atoms with van der Waals surface area (Å²) in [5.74, 6) is 0.540. The van der Waals surface area contributed by atoms with Crippen molar-refractivity contribution in [2.75, 3.05) is 5.73 Å². The number of nitrogen functional groups attached to an aromatic ring is 1. The van der Waals surface area contributed by atoms with Gasteiger partial charge in [0.1, 0.15) is 23.0 Å². The number of nitrogens with one attached hydrogen (secondary N) is 1. The van der Waals surface area contributed by atoms with Crippen LogP contribution >= 0.6 is 0 Å². The molecule has 0 radical (unpaired) electrons. The van der Waals surface area contributed by atoms with E-state index in [1.54, 1.807) is 13.0 Å². The van der Waals surface area contributed by atoms with E-state index in [4.69, 9.17) is 10.3 Å². The highest BCUT2D eigenvalue weighted by Crippen LogP contribution is 2.02. The molecule has 2 heterocycles. The molecule has 0 saturated carbocycles. The number of hydrogen-bond acceptors (Lipinski definition) is 6. The van der Waals surface area contributed by atoms with Crippen LogP contribution in [0.4, 0.5) is 5.82 Å². The molecule has 0 aliphatic carbocycles. The van der Waals surface area contributed by atoms with Gasteiger partial charge in [0, 0.05) is 6.07 Å². The summed E-state index contributed by atoms with van der Waals surface area (Å²) < 4.78 is 4.87. The normalized spacial score (nSPS) is 10.2. The predicted molar refractivity (Wildman–Crippen MR) is 58.9 cm³/mol. The molecule has 2 aromatic rings. The number of rotatable bonds is 3. The summed E-state index contributed by atoms with van der Waals surface area (Å²) in [6, 6.07) is 1.74. The van der Waals surface area contributed by atoms with E-state index >= 15 is 0 Å². The van der Waals surface area contributed by atoms with E-state index in [9.17, 15) is 4.79 Å². The topological polar surface area (TPSA) is 107 Å². The van der Waals surface area contributed by atoms with Gasteiger partial charge in [0.2, 0.25) is 0 Å². The number of nitrogens with zero attached hydrogens (tertiary/aromatic N) is 3. The van der Waals surface area contributed by atoms with Gasteiger partial charge in [-0.15, -0.1) is 0 Å². The van der Waals surface area contributed by atoms with Gasteiger partial charge in [0.05, 0.1) is 18.9 Å². The van der Waals surface area contributed by atoms with Gasteiger partial charge in [-0.3, -0.25) is 9.78 Å². The molecule has 0 saturated heterocycles. The Labute approximate surface area is 97.0 Å². The highest BCUT2D eigenvalue weighted by atomic mass is 16.5. The molecule has 3 N–H and O–H groups in total. The summed E-state index contributed by atoms with van der Waals surface area (Å²) in [6.45, 7) is 2.05. The molecule has 1 amide bonds. The molecule has 17 heavy (non-hydrogen) atoms. The average Bonchev–Trinajstić information content (AvgIpc) is 2.72. The van der Waals surface area contributed by atoms with Crippen LogP contribution in [0.1, 0.15) is 21.9 Å². The summed E-state index contributed by atoms with van der Waals surface area (Å²) in [5.41, 5.74) is 6.24. The van der Waals surface area contributed by atoms with E-state index in [0.29, 0.717) is 11.5 Å². The molecule has 88 valence electrons. The number of aryl methyl sites for hydroxylation is 1. The third-order valence-corrected chi connectivity index (χ3v) is 1.99. The third-order valence-electron chi connectivity index (χ3n) is 1.99. The Bertz CT molecular complexity index is 537. The van der Waals surface area contributed by atoms with Gasteiger partial charge < -0.3 is 15.6 Å². The van der Waals surface area contributed by atoms with Gasteiger partial charge in [0.15, 0.2) is 0 Å². The predicted octanol–water partition coefficient (Wildman–Crippen LogP) is 0.285. The second-order valence-corrected chi connectivity index (χ2v) is 3.44. The zero-order chi connectivity index (χ0) is 12.3. The van der Waals surface area contributed by atoms with Crippen molar-refractivity contribution in [1.82, 2.24) is 20.4 Å². The van der Waals surface area contributed by atoms with Crippen molar-refractivity contribution in [3.63, 3.8) is 0 Å². The average molecular weight is 233 g/mol. The Morgan fingerprint density at radius 1 is 1.53 bits per heavy atom. The molecule has 7 nitrogen and oxygen atoms in total. The highest BCUT2D eigenvalue weighted by Gasteiger charge is 2.09. The van der Waals surface area contributed by atoms with Crippen molar-refractivity contribution in [1.29, 1.82) is 0 Å². The maximum atomic E-state index is 11.6. The molecule has 0 aliphatic heterocycles. The molecule has 0 aromatic carbocycles. The molecule has 7 heteroatoms. The van der Waals surface area contributed by atoms with E-state index < -0.39 is 0 Å². The molecule has 0 bridgehead atoms. The molecule has 0 aliphatic rings. The largest absolute Gasteiger partial charge is 0.382 e. The third kappa shape index (κ3) is 2.77. The molecule has 2 rings (SSSR count). The van der Waals surface area contributed by atoms with E-state index in [1.807, 2.05) is 0 Å². The first-order chi connectivity index (χ1) is 8.15. The smallest absolute Gasteiger partial charge is 0.271 e. The maximum Gasteiger partial charge on any atom is 0.271 e. The van der Waals surface area contributed by atoms with Crippen LogP contribution in [0.15, 0.2) is 23.0 Å². The van der Waals surface area contributed by atoms with Crippen LogP contribution in [0, 0.1) is 6.92 Å². The molecule has 0 atom stereocenters. The number of nitrogens with two attached hydrogens (primary N) is 1. The van der Waals surface area contributed by atoms with Crippen molar-refractivity contribution in [3.05, 3.63) is 35.6 Å². The van der Waals surface area contributed by atoms with Crippen LogP contribution in [0.2, 0.25) is 0 Å². The Morgan fingerprint density at radius 3 is 3.00 bits per heavy atom. The Morgan fingerprint density at radius 2 is 2.35 bits per heavy atom. The lowest BCUT2D eigenvalue weighted by Gasteiger charge is -2.01. The second-order valence-electron chi connectivity index (χ2n) is 3.44. The minimum absolute atomic E-state index is 0.171. The number of anilines is 1. The van der Waals surface area contributed by atoms with Crippen LogP contribution in [0.3, 0.4) is 0 Å². The van der Waals surface area contributed by atoms with E-state index in [2.05, 4.69) is 20.4 Å². The van der Waals surface area contributed by atoms with Crippen LogP contribution < -0.4 is 11.1 Å². The first-order valence-electron chi connectivity index (χ1n) is 4.93. The molecule has 0 fully saturated rings. The molecule has 2 aromatic heterocycles. The summed E-state index contributed by atoms with van der Waals surface area (Å²) in [5, 5.41) is 6.38. The van der Waals surface area contributed by atoms with Gasteiger partial charge in [-0.05, 0) is 6.92 Å². The van der Waals surface area contributed by atoms with Crippen LogP contribution in [-0.2, 0) is 6.54 Å². The van der Waals surface area contributed by atoms with Crippen molar-refractivity contribution in [2.45, 2.75) is 13.5 Å². The monoisotopic (exact) mass is 233 g/mol. The number of amides is 1. The molecular weight excluding hydrogens is 222 g/mol. The van der Waals surface area contributed by atoms with Gasteiger partial charge in [-0.25, -0.2) is 4.98 Å². The number of carbonyl (C=O) groups excluding carboxylic acids is 1.